The fourth-order valence-corrected chi connectivity index (χ4v) is 5.51. The van der Waals surface area contributed by atoms with Crippen molar-refractivity contribution in [3.05, 3.63) is 39.9 Å². The lowest BCUT2D eigenvalue weighted by atomic mass is 9.68. The normalized spacial score (nSPS) is 25.0. The first-order valence-corrected chi connectivity index (χ1v) is 11.0. The minimum atomic E-state index is -2.72. The predicted octanol–water partition coefficient (Wildman–Crippen LogP) is 4.77. The van der Waals surface area contributed by atoms with Crippen molar-refractivity contribution >= 4 is 16.8 Å². The van der Waals surface area contributed by atoms with Crippen molar-refractivity contribution in [2.75, 3.05) is 7.05 Å². The lowest BCUT2D eigenvalue weighted by Gasteiger charge is -2.40. The molecule has 0 saturated heterocycles. The van der Waals surface area contributed by atoms with Crippen molar-refractivity contribution in [3.63, 3.8) is 0 Å². The second-order valence-corrected chi connectivity index (χ2v) is 8.87. The molecule has 0 radical (unpaired) electrons. The Morgan fingerprint density at radius 1 is 1.20 bits per heavy atom. The summed E-state index contributed by atoms with van der Waals surface area (Å²) in [5.41, 5.74) is 0.742. The molecule has 2 atom stereocenters. The Morgan fingerprint density at radius 2 is 1.93 bits per heavy atom. The van der Waals surface area contributed by atoms with Crippen LogP contribution in [0.5, 0.6) is 0 Å². The van der Waals surface area contributed by atoms with Gasteiger partial charge in [0, 0.05) is 43.8 Å². The van der Waals surface area contributed by atoms with Crippen molar-refractivity contribution in [1.82, 2.24) is 15.3 Å². The number of hydrogen-bond donors (Lipinski definition) is 2. The minimum Gasteiger partial charge on any atom is -0.358 e. The highest BCUT2D eigenvalue weighted by Crippen LogP contribution is 2.50. The van der Waals surface area contributed by atoms with Crippen LogP contribution in [0.15, 0.2) is 23.1 Å². The summed E-state index contributed by atoms with van der Waals surface area (Å²) in [6, 6.07) is 3.06. The topological polar surface area (TPSA) is 74.8 Å². The highest BCUT2D eigenvalue weighted by Gasteiger charge is 2.45. The van der Waals surface area contributed by atoms with Gasteiger partial charge in [-0.1, -0.05) is 38.5 Å². The van der Waals surface area contributed by atoms with Crippen molar-refractivity contribution in [2.45, 2.75) is 69.6 Å². The molecule has 0 bridgehead atoms. The molecule has 1 amide bonds. The van der Waals surface area contributed by atoms with Gasteiger partial charge in [0.15, 0.2) is 5.43 Å². The van der Waals surface area contributed by atoms with E-state index >= 15 is 0 Å². The molecule has 2 aliphatic rings. The van der Waals surface area contributed by atoms with Gasteiger partial charge in [-0.3, -0.25) is 14.6 Å². The standard InChI is InChI=1S/C23H29F2N3O2/c1-26-22(30)21-20-17(9-11-27-21)28-18(12-19(20)29)16-13-23(24,25)10-8-15(16)14-6-4-2-3-5-7-14/h9,11-12,14-16H,2-8,10,13H2,1H3,(H,26,30)(H,28,29)/t15-,16+/m0/s1. The zero-order chi connectivity index (χ0) is 21.3. The summed E-state index contributed by atoms with van der Waals surface area (Å²) in [4.78, 5) is 32.3. The number of rotatable bonds is 3. The first-order valence-electron chi connectivity index (χ1n) is 11.0. The van der Waals surface area contributed by atoms with E-state index < -0.39 is 11.8 Å². The third-order valence-electron chi connectivity index (χ3n) is 6.99. The Hall–Kier alpha value is -2.31. The molecular formula is C23H29F2N3O2. The lowest BCUT2D eigenvalue weighted by Crippen LogP contribution is -2.35. The SMILES string of the molecule is CNC(=O)c1nccc2[nH]c([C@@H]3CC(F)(F)CC[C@H]3C3CCCCCC3)cc(=O)c12. The van der Waals surface area contributed by atoms with Gasteiger partial charge in [0.05, 0.1) is 10.9 Å². The molecule has 0 aromatic carbocycles. The van der Waals surface area contributed by atoms with E-state index in [4.69, 9.17) is 0 Å². The van der Waals surface area contributed by atoms with Gasteiger partial charge in [0.2, 0.25) is 5.92 Å². The first kappa shape index (κ1) is 20.9. The van der Waals surface area contributed by atoms with E-state index in [9.17, 15) is 18.4 Å². The lowest BCUT2D eigenvalue weighted by molar-refractivity contribution is -0.0636. The van der Waals surface area contributed by atoms with Crippen LogP contribution in [-0.2, 0) is 0 Å². The molecule has 2 fully saturated rings. The molecule has 7 heteroatoms. The molecule has 0 spiro atoms. The summed E-state index contributed by atoms with van der Waals surface area (Å²) in [7, 11) is 1.48. The van der Waals surface area contributed by atoms with Crippen LogP contribution in [0, 0.1) is 11.8 Å². The van der Waals surface area contributed by atoms with Crippen molar-refractivity contribution in [2.24, 2.45) is 11.8 Å². The van der Waals surface area contributed by atoms with Crippen LogP contribution in [0.4, 0.5) is 8.78 Å². The molecule has 2 aromatic rings. The number of pyridine rings is 2. The third-order valence-corrected chi connectivity index (χ3v) is 6.99. The summed E-state index contributed by atoms with van der Waals surface area (Å²) in [6.45, 7) is 0. The molecule has 0 aliphatic heterocycles. The molecule has 2 N–H and O–H groups in total. The Balaban J connectivity index is 1.77. The minimum absolute atomic E-state index is 0.0529. The Kier molecular flexibility index (Phi) is 5.89. The molecule has 162 valence electrons. The zero-order valence-electron chi connectivity index (χ0n) is 17.3. The summed E-state index contributed by atoms with van der Waals surface area (Å²) in [6.07, 6.45) is 8.53. The molecule has 5 nitrogen and oxygen atoms in total. The van der Waals surface area contributed by atoms with E-state index in [1.807, 2.05) is 0 Å². The van der Waals surface area contributed by atoms with Crippen molar-refractivity contribution < 1.29 is 13.6 Å². The molecule has 2 aromatic heterocycles. The van der Waals surface area contributed by atoms with E-state index in [0.717, 1.165) is 25.7 Å². The number of amides is 1. The number of alkyl halides is 2. The van der Waals surface area contributed by atoms with E-state index in [1.54, 1.807) is 6.07 Å². The van der Waals surface area contributed by atoms with Crippen molar-refractivity contribution in [1.29, 1.82) is 0 Å². The van der Waals surface area contributed by atoms with Crippen molar-refractivity contribution in [3.8, 4) is 0 Å². The quantitative estimate of drug-likeness (QED) is 0.707. The number of nitrogens with zero attached hydrogens (tertiary/aromatic N) is 1. The van der Waals surface area contributed by atoms with Crippen LogP contribution in [-0.4, -0.2) is 28.8 Å². The molecular weight excluding hydrogens is 388 g/mol. The van der Waals surface area contributed by atoms with Gasteiger partial charge in [0.25, 0.3) is 5.91 Å². The van der Waals surface area contributed by atoms with Crippen LogP contribution in [0.3, 0.4) is 0 Å². The highest BCUT2D eigenvalue weighted by molar-refractivity contribution is 6.04. The van der Waals surface area contributed by atoms with E-state index in [2.05, 4.69) is 15.3 Å². The van der Waals surface area contributed by atoms with Gasteiger partial charge in [-0.2, -0.15) is 0 Å². The number of carbonyl (C=O) groups excluding carboxylic acids is 1. The summed E-state index contributed by atoms with van der Waals surface area (Å²) < 4.78 is 28.9. The van der Waals surface area contributed by atoms with Crippen LogP contribution in [0.1, 0.15) is 79.9 Å². The zero-order valence-corrected chi connectivity index (χ0v) is 17.3. The number of aromatic nitrogens is 2. The van der Waals surface area contributed by atoms with Gasteiger partial charge in [-0.15, -0.1) is 0 Å². The molecule has 2 aliphatic carbocycles. The maximum absolute atomic E-state index is 14.4. The second-order valence-electron chi connectivity index (χ2n) is 8.87. The molecule has 30 heavy (non-hydrogen) atoms. The number of nitrogens with one attached hydrogen (secondary N) is 2. The second kappa shape index (κ2) is 8.44. The maximum atomic E-state index is 14.4. The summed E-state index contributed by atoms with van der Waals surface area (Å²) in [5, 5.41) is 2.69. The fourth-order valence-electron chi connectivity index (χ4n) is 5.51. The molecule has 0 unspecified atom stereocenters. The molecule has 2 heterocycles. The highest BCUT2D eigenvalue weighted by atomic mass is 19.3. The smallest absolute Gasteiger partial charge is 0.270 e. The average Bonchev–Trinajstić information content (AvgIpc) is 3.01. The number of aromatic amines is 1. The summed E-state index contributed by atoms with van der Waals surface area (Å²) in [5.74, 6) is -2.98. The summed E-state index contributed by atoms with van der Waals surface area (Å²) >= 11 is 0. The monoisotopic (exact) mass is 417 g/mol. The maximum Gasteiger partial charge on any atom is 0.270 e. The molecule has 4 rings (SSSR count). The van der Waals surface area contributed by atoms with Crippen LogP contribution >= 0.6 is 0 Å². The Bertz CT molecular complexity index is 980. The van der Waals surface area contributed by atoms with Crippen LogP contribution < -0.4 is 10.7 Å². The Labute approximate surface area is 174 Å². The van der Waals surface area contributed by atoms with Gasteiger partial charge in [-0.05, 0) is 24.3 Å². The fraction of sp³-hybridized carbons (Fsp3) is 0.609. The van der Waals surface area contributed by atoms with Gasteiger partial charge < -0.3 is 10.3 Å². The van der Waals surface area contributed by atoms with Gasteiger partial charge >= 0.3 is 0 Å². The number of hydrogen-bond acceptors (Lipinski definition) is 3. The van der Waals surface area contributed by atoms with Gasteiger partial charge in [-0.25, -0.2) is 8.78 Å². The predicted molar refractivity (Wildman–Crippen MR) is 112 cm³/mol. The largest absolute Gasteiger partial charge is 0.358 e. The van der Waals surface area contributed by atoms with Crippen LogP contribution in [0.25, 0.3) is 10.9 Å². The van der Waals surface area contributed by atoms with E-state index in [0.29, 0.717) is 23.5 Å². The number of H-pyrrole nitrogens is 1. The molecule has 2 saturated carbocycles. The number of fused-ring (bicyclic) bond motifs is 1. The van der Waals surface area contributed by atoms with Crippen LogP contribution in [0.2, 0.25) is 0 Å². The van der Waals surface area contributed by atoms with E-state index in [-0.39, 0.29) is 41.2 Å². The van der Waals surface area contributed by atoms with E-state index in [1.165, 1.54) is 32.2 Å². The number of halogens is 2. The number of carbonyl (C=O) groups is 1. The third kappa shape index (κ3) is 4.12. The van der Waals surface area contributed by atoms with Gasteiger partial charge in [0.1, 0.15) is 5.69 Å². The Morgan fingerprint density at radius 3 is 2.63 bits per heavy atom. The first-order chi connectivity index (χ1) is 14.4. The average molecular weight is 418 g/mol.